The van der Waals surface area contributed by atoms with E-state index in [-0.39, 0.29) is 22.2 Å². The Balaban J connectivity index is 3.16. The van der Waals surface area contributed by atoms with E-state index in [0.717, 1.165) is 24.4 Å². The quantitative estimate of drug-likeness (QED) is 0.242. The first-order valence-corrected chi connectivity index (χ1v) is 5.67. The number of phenols is 1. The van der Waals surface area contributed by atoms with Gasteiger partial charge in [-0.2, -0.15) is 13.5 Å². The summed E-state index contributed by atoms with van der Waals surface area (Å²) < 4.78 is 30.5. The predicted octanol–water partition coefficient (Wildman–Crippen LogP) is -0.754. The molecule has 0 spiro atoms. The van der Waals surface area contributed by atoms with Crippen LogP contribution < -0.4 is 11.5 Å². The monoisotopic (exact) mass is 258 g/mol. The number of hydrogen-bond acceptors (Lipinski definition) is 5. The fourth-order valence-electron chi connectivity index (χ4n) is 0.954. The highest BCUT2D eigenvalue weighted by atomic mass is 32.2. The smallest absolute Gasteiger partial charge is 0.294 e. The second-order valence-electron chi connectivity index (χ2n) is 2.97. The van der Waals surface area contributed by atoms with E-state index < -0.39 is 10.1 Å². The van der Waals surface area contributed by atoms with Gasteiger partial charge in [0, 0.05) is 5.56 Å². The van der Waals surface area contributed by atoms with Crippen LogP contribution in [-0.2, 0) is 10.1 Å². The van der Waals surface area contributed by atoms with Crippen molar-refractivity contribution < 1.29 is 18.1 Å². The molecule has 1 rings (SSSR count). The van der Waals surface area contributed by atoms with E-state index in [4.69, 9.17) is 16.0 Å². The number of hydrogen-bond donors (Lipinski definition) is 4. The maximum absolute atomic E-state index is 10.8. The van der Waals surface area contributed by atoms with Gasteiger partial charge in [-0.1, -0.05) is 0 Å². The normalized spacial score (nSPS) is 11.6. The number of guanidine groups is 1. The molecule has 0 aliphatic rings. The molecular weight excluding hydrogens is 248 g/mol. The van der Waals surface area contributed by atoms with Crippen LogP contribution >= 0.6 is 0 Å². The van der Waals surface area contributed by atoms with Gasteiger partial charge in [0.25, 0.3) is 10.1 Å². The van der Waals surface area contributed by atoms with Crippen molar-refractivity contribution in [2.45, 2.75) is 4.90 Å². The van der Waals surface area contributed by atoms with Crippen molar-refractivity contribution in [1.29, 1.82) is 0 Å². The maximum atomic E-state index is 10.8. The number of rotatable bonds is 3. The zero-order chi connectivity index (χ0) is 13.1. The third-order valence-electron chi connectivity index (χ3n) is 1.67. The molecule has 1 aromatic carbocycles. The SMILES string of the molecule is NC(N)=NN=Cc1cc(S(=O)(=O)O)ccc1O. The molecule has 0 amide bonds. The molecule has 0 fully saturated rings. The van der Waals surface area contributed by atoms with E-state index in [1.807, 2.05) is 0 Å². The van der Waals surface area contributed by atoms with Gasteiger partial charge in [-0.15, -0.1) is 5.10 Å². The van der Waals surface area contributed by atoms with Crippen molar-refractivity contribution in [2.75, 3.05) is 0 Å². The molecule has 17 heavy (non-hydrogen) atoms. The van der Waals surface area contributed by atoms with Crippen molar-refractivity contribution in [3.8, 4) is 5.75 Å². The lowest BCUT2D eigenvalue weighted by atomic mass is 10.2. The lowest BCUT2D eigenvalue weighted by Gasteiger charge is -2.00. The summed E-state index contributed by atoms with van der Waals surface area (Å²) in [6.07, 6.45) is 1.05. The van der Waals surface area contributed by atoms with Gasteiger partial charge in [0.2, 0.25) is 5.96 Å². The Morgan fingerprint density at radius 1 is 1.35 bits per heavy atom. The predicted molar refractivity (Wildman–Crippen MR) is 61.3 cm³/mol. The van der Waals surface area contributed by atoms with Crippen LogP contribution in [0.25, 0.3) is 0 Å². The van der Waals surface area contributed by atoms with Gasteiger partial charge in [0.15, 0.2) is 0 Å². The van der Waals surface area contributed by atoms with Crippen LogP contribution in [0.2, 0.25) is 0 Å². The van der Waals surface area contributed by atoms with E-state index in [0.29, 0.717) is 0 Å². The molecule has 0 bridgehead atoms. The summed E-state index contributed by atoms with van der Waals surface area (Å²) in [5, 5.41) is 16.1. The van der Waals surface area contributed by atoms with E-state index in [1.165, 1.54) is 0 Å². The minimum absolute atomic E-state index is 0.0464. The Bertz CT molecular complexity index is 575. The Labute approximate surface area is 97.0 Å². The van der Waals surface area contributed by atoms with Crippen molar-refractivity contribution in [3.05, 3.63) is 23.8 Å². The average molecular weight is 258 g/mol. The molecule has 0 atom stereocenters. The maximum Gasteiger partial charge on any atom is 0.294 e. The Morgan fingerprint density at radius 3 is 2.53 bits per heavy atom. The van der Waals surface area contributed by atoms with Crippen molar-refractivity contribution in [3.63, 3.8) is 0 Å². The Hall–Kier alpha value is -2.13. The highest BCUT2D eigenvalue weighted by Gasteiger charge is 2.11. The van der Waals surface area contributed by atoms with Crippen molar-refractivity contribution >= 4 is 22.3 Å². The molecule has 0 aromatic heterocycles. The van der Waals surface area contributed by atoms with Crippen LogP contribution in [0.4, 0.5) is 0 Å². The first-order chi connectivity index (χ1) is 7.80. The molecule has 0 saturated carbocycles. The molecule has 0 unspecified atom stereocenters. The van der Waals surface area contributed by atoms with E-state index >= 15 is 0 Å². The Morgan fingerprint density at radius 2 is 2.00 bits per heavy atom. The van der Waals surface area contributed by atoms with Gasteiger partial charge in [0.1, 0.15) is 5.75 Å². The molecule has 0 aliphatic heterocycles. The molecule has 8 nitrogen and oxygen atoms in total. The number of aromatic hydroxyl groups is 1. The van der Waals surface area contributed by atoms with Gasteiger partial charge in [-0.05, 0) is 18.2 Å². The largest absolute Gasteiger partial charge is 0.507 e. The van der Waals surface area contributed by atoms with Crippen LogP contribution in [0.3, 0.4) is 0 Å². The molecular formula is C8H10N4O4S. The van der Waals surface area contributed by atoms with E-state index in [2.05, 4.69) is 10.2 Å². The number of nitrogens with zero attached hydrogens (tertiary/aromatic N) is 2. The number of benzene rings is 1. The fourth-order valence-corrected chi connectivity index (χ4v) is 1.47. The first-order valence-electron chi connectivity index (χ1n) is 4.23. The molecule has 0 heterocycles. The zero-order valence-electron chi connectivity index (χ0n) is 8.48. The summed E-state index contributed by atoms with van der Waals surface area (Å²) in [5.41, 5.74) is 10.1. The van der Waals surface area contributed by atoms with Crippen LogP contribution in [0.15, 0.2) is 33.3 Å². The van der Waals surface area contributed by atoms with Gasteiger partial charge < -0.3 is 16.6 Å². The van der Waals surface area contributed by atoms with Gasteiger partial charge in [0.05, 0.1) is 11.1 Å². The van der Waals surface area contributed by atoms with Crippen LogP contribution in [0.1, 0.15) is 5.56 Å². The standard InChI is InChI=1S/C8H10N4O4S/c9-8(10)12-11-4-5-3-6(17(14,15)16)1-2-7(5)13/h1-4,13H,(H4,9,10,12)(H,14,15,16). The zero-order valence-corrected chi connectivity index (χ0v) is 9.29. The molecule has 1 aromatic rings. The fraction of sp³-hybridized carbons (Fsp3) is 0. The van der Waals surface area contributed by atoms with E-state index in [9.17, 15) is 13.5 Å². The van der Waals surface area contributed by atoms with Gasteiger partial charge >= 0.3 is 0 Å². The highest BCUT2D eigenvalue weighted by molar-refractivity contribution is 7.85. The minimum Gasteiger partial charge on any atom is -0.507 e. The summed E-state index contributed by atoms with van der Waals surface area (Å²) >= 11 is 0. The minimum atomic E-state index is -4.34. The van der Waals surface area contributed by atoms with E-state index in [1.54, 1.807) is 0 Å². The third kappa shape index (κ3) is 3.74. The number of nitrogens with two attached hydrogens (primary N) is 2. The second-order valence-corrected chi connectivity index (χ2v) is 4.39. The number of phenolic OH excluding ortho intramolecular Hbond substituents is 1. The summed E-state index contributed by atoms with van der Waals surface area (Å²) in [5.74, 6) is -0.515. The third-order valence-corrected chi connectivity index (χ3v) is 2.52. The average Bonchev–Trinajstić information content (AvgIpc) is 2.18. The van der Waals surface area contributed by atoms with Gasteiger partial charge in [-0.25, -0.2) is 0 Å². The molecule has 0 radical (unpaired) electrons. The molecule has 92 valence electrons. The topological polar surface area (TPSA) is 151 Å². The van der Waals surface area contributed by atoms with Crippen molar-refractivity contribution in [1.82, 2.24) is 0 Å². The Kier molecular flexibility index (Phi) is 3.66. The lowest BCUT2D eigenvalue weighted by Crippen LogP contribution is -2.21. The van der Waals surface area contributed by atoms with Gasteiger partial charge in [-0.3, -0.25) is 4.55 Å². The van der Waals surface area contributed by atoms with Crippen LogP contribution in [-0.4, -0.2) is 30.3 Å². The molecule has 0 aliphatic carbocycles. The van der Waals surface area contributed by atoms with Crippen LogP contribution in [0.5, 0.6) is 5.75 Å². The molecule has 0 saturated heterocycles. The van der Waals surface area contributed by atoms with Crippen molar-refractivity contribution in [2.24, 2.45) is 21.7 Å². The second kappa shape index (κ2) is 4.80. The molecule has 9 heteroatoms. The summed E-state index contributed by atoms with van der Waals surface area (Å²) in [6, 6.07) is 3.17. The first kappa shape index (κ1) is 12.9. The highest BCUT2D eigenvalue weighted by Crippen LogP contribution is 2.19. The van der Waals surface area contributed by atoms with Crippen LogP contribution in [0, 0.1) is 0 Å². The summed E-state index contributed by atoms with van der Waals surface area (Å²) in [7, 11) is -4.34. The lowest BCUT2D eigenvalue weighted by molar-refractivity contribution is 0.472. The summed E-state index contributed by atoms with van der Waals surface area (Å²) in [4.78, 5) is -0.374. The summed E-state index contributed by atoms with van der Waals surface area (Å²) in [6.45, 7) is 0. The molecule has 6 N–H and O–H groups in total.